The molecule has 1 amide bonds. The molecule has 0 saturated heterocycles. The molecule has 27 heavy (non-hydrogen) atoms. The van der Waals surface area contributed by atoms with Crippen LogP contribution in [0.25, 0.3) is 11.3 Å². The summed E-state index contributed by atoms with van der Waals surface area (Å²) in [5, 5.41) is 6.98. The molecule has 3 rings (SSSR count). The molecule has 1 heterocycles. The van der Waals surface area contributed by atoms with Crippen LogP contribution in [0.15, 0.2) is 68.6 Å². The number of carbonyl (C=O) groups excluding carboxylic acids is 1. The minimum atomic E-state index is -0.235. The molecule has 0 fully saturated rings. The Labute approximate surface area is 166 Å². The standard InChI is InChI=1S/C21H20BrN3O2/c1-14-3-7-17(8-4-14)23-13-21(26)25-24-12-18-9-10-20(27-18)16-6-5-15(2)19(22)11-16/h3-12,23H,13H2,1-2H3,(H,25,26)/b24-12-. The number of nitrogens with zero attached hydrogens (tertiary/aromatic N) is 1. The van der Waals surface area contributed by atoms with E-state index in [1.807, 2.05) is 68.4 Å². The van der Waals surface area contributed by atoms with Crippen molar-refractivity contribution < 1.29 is 9.21 Å². The fourth-order valence-electron chi connectivity index (χ4n) is 2.38. The second kappa shape index (κ2) is 8.68. The highest BCUT2D eigenvalue weighted by Gasteiger charge is 2.06. The van der Waals surface area contributed by atoms with Crippen LogP contribution in [0.4, 0.5) is 5.69 Å². The molecule has 0 atom stereocenters. The molecule has 5 nitrogen and oxygen atoms in total. The van der Waals surface area contributed by atoms with Crippen LogP contribution >= 0.6 is 15.9 Å². The van der Waals surface area contributed by atoms with Gasteiger partial charge in [-0.2, -0.15) is 5.10 Å². The smallest absolute Gasteiger partial charge is 0.259 e. The highest BCUT2D eigenvalue weighted by atomic mass is 79.9. The van der Waals surface area contributed by atoms with E-state index in [-0.39, 0.29) is 12.5 Å². The first-order valence-corrected chi connectivity index (χ1v) is 9.29. The lowest BCUT2D eigenvalue weighted by molar-refractivity contribution is -0.119. The Balaban J connectivity index is 1.52. The van der Waals surface area contributed by atoms with Gasteiger partial charge in [0.25, 0.3) is 5.91 Å². The molecule has 1 aromatic heterocycles. The van der Waals surface area contributed by atoms with Crippen LogP contribution in [0, 0.1) is 13.8 Å². The molecule has 0 saturated carbocycles. The van der Waals surface area contributed by atoms with Crippen molar-refractivity contribution in [2.24, 2.45) is 5.10 Å². The van der Waals surface area contributed by atoms with Gasteiger partial charge in [0.15, 0.2) is 0 Å². The van der Waals surface area contributed by atoms with E-state index in [2.05, 4.69) is 31.8 Å². The summed E-state index contributed by atoms with van der Waals surface area (Å²) in [6.45, 7) is 4.19. The van der Waals surface area contributed by atoms with E-state index in [9.17, 15) is 4.79 Å². The molecular weight excluding hydrogens is 406 g/mol. The van der Waals surface area contributed by atoms with Crippen molar-refractivity contribution >= 4 is 33.7 Å². The Morgan fingerprint density at radius 3 is 2.63 bits per heavy atom. The highest BCUT2D eigenvalue weighted by molar-refractivity contribution is 9.10. The van der Waals surface area contributed by atoms with Gasteiger partial charge in [0.2, 0.25) is 0 Å². The zero-order valence-corrected chi connectivity index (χ0v) is 16.7. The summed E-state index contributed by atoms with van der Waals surface area (Å²) in [5.74, 6) is 1.07. The summed E-state index contributed by atoms with van der Waals surface area (Å²) in [7, 11) is 0. The number of rotatable bonds is 6. The molecule has 0 bridgehead atoms. The van der Waals surface area contributed by atoms with Crippen LogP contribution in [0.3, 0.4) is 0 Å². The van der Waals surface area contributed by atoms with Crippen molar-refractivity contribution in [2.45, 2.75) is 13.8 Å². The lowest BCUT2D eigenvalue weighted by atomic mass is 10.1. The summed E-state index contributed by atoms with van der Waals surface area (Å²) >= 11 is 3.52. The Bertz CT molecular complexity index is 962. The fourth-order valence-corrected chi connectivity index (χ4v) is 2.76. The third-order valence-electron chi connectivity index (χ3n) is 3.97. The topological polar surface area (TPSA) is 66.6 Å². The molecule has 138 valence electrons. The summed E-state index contributed by atoms with van der Waals surface area (Å²) in [4.78, 5) is 11.8. The second-order valence-electron chi connectivity index (χ2n) is 6.18. The largest absolute Gasteiger partial charge is 0.455 e. The lowest BCUT2D eigenvalue weighted by Gasteiger charge is -2.05. The number of aryl methyl sites for hydroxylation is 2. The SMILES string of the molecule is Cc1ccc(NCC(=O)N/N=C\c2ccc(-c3ccc(C)c(Br)c3)o2)cc1. The molecule has 0 unspecified atom stereocenters. The van der Waals surface area contributed by atoms with Crippen molar-refractivity contribution in [3.8, 4) is 11.3 Å². The average Bonchev–Trinajstić information content (AvgIpc) is 3.12. The van der Waals surface area contributed by atoms with Crippen molar-refractivity contribution in [1.29, 1.82) is 0 Å². The van der Waals surface area contributed by atoms with E-state index >= 15 is 0 Å². The van der Waals surface area contributed by atoms with Crippen LogP contribution in [0.1, 0.15) is 16.9 Å². The lowest BCUT2D eigenvalue weighted by Crippen LogP contribution is -2.25. The number of furan rings is 1. The first-order chi connectivity index (χ1) is 13.0. The van der Waals surface area contributed by atoms with Gasteiger partial charge >= 0.3 is 0 Å². The van der Waals surface area contributed by atoms with Crippen LogP contribution in [-0.2, 0) is 4.79 Å². The number of hydrogen-bond donors (Lipinski definition) is 2. The monoisotopic (exact) mass is 425 g/mol. The van der Waals surface area contributed by atoms with E-state index in [0.717, 1.165) is 27.0 Å². The van der Waals surface area contributed by atoms with Gasteiger partial charge in [0.1, 0.15) is 11.5 Å². The first kappa shape index (κ1) is 18.9. The number of carbonyl (C=O) groups is 1. The van der Waals surface area contributed by atoms with Crippen molar-refractivity contribution in [1.82, 2.24) is 5.43 Å². The van der Waals surface area contributed by atoms with E-state index in [1.54, 1.807) is 0 Å². The number of benzene rings is 2. The molecule has 6 heteroatoms. The van der Waals surface area contributed by atoms with Gasteiger partial charge in [-0.1, -0.05) is 45.8 Å². The average molecular weight is 426 g/mol. The van der Waals surface area contributed by atoms with Gasteiger partial charge in [-0.15, -0.1) is 0 Å². The predicted molar refractivity (Wildman–Crippen MR) is 112 cm³/mol. The van der Waals surface area contributed by atoms with Crippen molar-refractivity contribution in [3.05, 3.63) is 76.0 Å². The Morgan fingerprint density at radius 2 is 1.89 bits per heavy atom. The van der Waals surface area contributed by atoms with Crippen molar-refractivity contribution in [3.63, 3.8) is 0 Å². The fraction of sp³-hybridized carbons (Fsp3) is 0.143. The summed E-state index contributed by atoms with van der Waals surface area (Å²) < 4.78 is 6.78. The first-order valence-electron chi connectivity index (χ1n) is 8.50. The van der Waals surface area contributed by atoms with E-state index in [1.165, 1.54) is 11.8 Å². The minimum absolute atomic E-state index is 0.140. The number of nitrogens with one attached hydrogen (secondary N) is 2. The van der Waals surface area contributed by atoms with Gasteiger partial charge in [0.05, 0.1) is 12.8 Å². The number of anilines is 1. The Morgan fingerprint density at radius 1 is 1.11 bits per heavy atom. The zero-order valence-electron chi connectivity index (χ0n) is 15.1. The Kier molecular flexibility index (Phi) is 6.08. The summed E-state index contributed by atoms with van der Waals surface area (Å²) in [6, 6.07) is 17.5. The third kappa shape index (κ3) is 5.31. The molecule has 0 aliphatic carbocycles. The van der Waals surface area contributed by atoms with Gasteiger partial charge in [-0.3, -0.25) is 4.79 Å². The van der Waals surface area contributed by atoms with Crippen LogP contribution in [-0.4, -0.2) is 18.7 Å². The quantitative estimate of drug-likeness (QED) is 0.436. The maximum Gasteiger partial charge on any atom is 0.259 e. The molecular formula is C21H20BrN3O2. The second-order valence-corrected chi connectivity index (χ2v) is 7.03. The maximum atomic E-state index is 11.8. The molecule has 2 aromatic carbocycles. The molecule has 2 N–H and O–H groups in total. The number of hydrazone groups is 1. The Hall–Kier alpha value is -2.86. The summed E-state index contributed by atoms with van der Waals surface area (Å²) in [6.07, 6.45) is 1.48. The molecule has 0 aliphatic rings. The molecule has 3 aromatic rings. The van der Waals surface area contributed by atoms with E-state index in [4.69, 9.17) is 4.42 Å². The van der Waals surface area contributed by atoms with Gasteiger partial charge in [-0.05, 0) is 49.7 Å². The number of halogens is 1. The molecule has 0 aliphatic heterocycles. The van der Waals surface area contributed by atoms with Gasteiger partial charge < -0.3 is 9.73 Å². The van der Waals surface area contributed by atoms with E-state index < -0.39 is 0 Å². The molecule has 0 radical (unpaired) electrons. The summed E-state index contributed by atoms with van der Waals surface area (Å²) in [5.41, 5.74) is 6.67. The predicted octanol–water partition coefficient (Wildman–Crippen LogP) is 4.89. The molecule has 0 spiro atoms. The van der Waals surface area contributed by atoms with Crippen LogP contribution < -0.4 is 10.7 Å². The van der Waals surface area contributed by atoms with Gasteiger partial charge in [0, 0.05) is 15.7 Å². The maximum absolute atomic E-state index is 11.8. The normalized spacial score (nSPS) is 10.9. The van der Waals surface area contributed by atoms with E-state index in [0.29, 0.717) is 5.76 Å². The van der Waals surface area contributed by atoms with Gasteiger partial charge in [-0.25, -0.2) is 5.43 Å². The zero-order chi connectivity index (χ0) is 19.2. The highest BCUT2D eigenvalue weighted by Crippen LogP contribution is 2.26. The number of amides is 1. The minimum Gasteiger partial charge on any atom is -0.455 e. The van der Waals surface area contributed by atoms with Crippen molar-refractivity contribution in [2.75, 3.05) is 11.9 Å². The van der Waals surface area contributed by atoms with Crippen LogP contribution in [0.2, 0.25) is 0 Å². The third-order valence-corrected chi connectivity index (χ3v) is 4.82. The van der Waals surface area contributed by atoms with Crippen LogP contribution in [0.5, 0.6) is 0 Å². The number of hydrogen-bond acceptors (Lipinski definition) is 4.